The predicted octanol–water partition coefficient (Wildman–Crippen LogP) is 1.70. The lowest BCUT2D eigenvalue weighted by molar-refractivity contribution is 0.164. The molecule has 2 aliphatic heterocycles. The molecule has 0 aliphatic carbocycles. The lowest BCUT2D eigenvalue weighted by atomic mass is 10.1. The van der Waals surface area contributed by atoms with Gasteiger partial charge < -0.3 is 20.7 Å². The molecule has 0 saturated carbocycles. The van der Waals surface area contributed by atoms with Gasteiger partial charge in [-0.25, -0.2) is 4.79 Å². The fourth-order valence-electron chi connectivity index (χ4n) is 4.79. The molecule has 2 atom stereocenters. The Kier molecular flexibility index (Phi) is 7.13. The van der Waals surface area contributed by atoms with E-state index in [1.165, 1.54) is 10.1 Å². The van der Waals surface area contributed by atoms with Crippen LogP contribution in [-0.2, 0) is 20.0 Å². The summed E-state index contributed by atoms with van der Waals surface area (Å²) in [5.74, 6) is 1.32. The number of anilines is 2. The summed E-state index contributed by atoms with van der Waals surface area (Å²) in [5, 5.41) is 3.46. The molecule has 1 aromatic carbocycles. The predicted molar refractivity (Wildman–Crippen MR) is 136 cm³/mol. The first-order chi connectivity index (χ1) is 16.3. The Bertz CT molecular complexity index is 1180. The Morgan fingerprint density at radius 3 is 2.79 bits per heavy atom. The zero-order valence-corrected chi connectivity index (χ0v) is 20.6. The Hall–Kier alpha value is -3.04. The molecule has 0 radical (unpaired) electrons. The molecule has 1 aromatic heterocycles. The molecule has 0 bridgehead atoms. The summed E-state index contributed by atoms with van der Waals surface area (Å²) in [6, 6.07) is 7.80. The lowest BCUT2D eigenvalue weighted by Gasteiger charge is -2.39. The van der Waals surface area contributed by atoms with Crippen molar-refractivity contribution in [1.82, 2.24) is 14.0 Å². The van der Waals surface area contributed by atoms with Crippen LogP contribution >= 0.6 is 0 Å². The number of likely N-dealkylation sites (tertiary alicyclic amines) is 1. The van der Waals surface area contributed by atoms with Crippen LogP contribution in [0.1, 0.15) is 32.3 Å². The monoisotopic (exact) mass is 468 g/mol. The van der Waals surface area contributed by atoms with Crippen molar-refractivity contribution >= 4 is 11.5 Å². The summed E-state index contributed by atoms with van der Waals surface area (Å²) in [6.07, 6.45) is 4.45. The molecule has 0 amide bonds. The zero-order valence-electron chi connectivity index (χ0n) is 20.6. The second-order valence-corrected chi connectivity index (χ2v) is 9.45. The molecule has 4 rings (SSSR count). The zero-order chi connectivity index (χ0) is 24.4. The molecular formula is C25H36N6O3. The van der Waals surface area contributed by atoms with E-state index >= 15 is 0 Å². The first-order valence-electron chi connectivity index (χ1n) is 11.9. The third kappa shape index (κ3) is 4.76. The Morgan fingerprint density at radius 2 is 2.09 bits per heavy atom. The van der Waals surface area contributed by atoms with Crippen LogP contribution in [-0.4, -0.2) is 53.1 Å². The molecule has 9 heteroatoms. The molecule has 1 fully saturated rings. The smallest absolute Gasteiger partial charge is 0.332 e. The second-order valence-electron chi connectivity index (χ2n) is 9.45. The molecular weight excluding hydrogens is 432 g/mol. The maximum Gasteiger partial charge on any atom is 0.332 e. The number of methoxy groups -OCH3 is 1. The van der Waals surface area contributed by atoms with Gasteiger partial charge in [-0.3, -0.25) is 18.8 Å². The van der Waals surface area contributed by atoms with E-state index in [4.69, 9.17) is 10.5 Å². The number of benzene rings is 1. The van der Waals surface area contributed by atoms with Gasteiger partial charge in [0.1, 0.15) is 17.3 Å². The van der Waals surface area contributed by atoms with E-state index in [1.807, 2.05) is 38.1 Å². The summed E-state index contributed by atoms with van der Waals surface area (Å²) >= 11 is 0. The second kappa shape index (κ2) is 10.1. The van der Waals surface area contributed by atoms with Crippen molar-refractivity contribution in [1.29, 1.82) is 0 Å². The molecule has 9 nitrogen and oxygen atoms in total. The molecule has 0 spiro atoms. The van der Waals surface area contributed by atoms with E-state index in [0.29, 0.717) is 31.0 Å². The minimum Gasteiger partial charge on any atom is -0.497 e. The van der Waals surface area contributed by atoms with Crippen LogP contribution in [0.3, 0.4) is 0 Å². The topological polar surface area (TPSA) is 97.8 Å². The largest absolute Gasteiger partial charge is 0.497 e. The molecule has 1 saturated heterocycles. The average Bonchev–Trinajstić information content (AvgIpc) is 3.21. The highest BCUT2D eigenvalue weighted by Crippen LogP contribution is 2.32. The van der Waals surface area contributed by atoms with Gasteiger partial charge in [0.2, 0.25) is 0 Å². The normalized spacial score (nSPS) is 20.1. The lowest BCUT2D eigenvalue weighted by Crippen LogP contribution is -2.56. The minimum absolute atomic E-state index is 0.105. The van der Waals surface area contributed by atoms with Crippen molar-refractivity contribution in [3.8, 4) is 5.75 Å². The highest BCUT2D eigenvalue weighted by Gasteiger charge is 2.38. The number of rotatable bonds is 7. The number of hydrogen-bond donors (Lipinski definition) is 2. The van der Waals surface area contributed by atoms with E-state index in [0.717, 1.165) is 37.2 Å². The number of aromatic nitrogens is 2. The van der Waals surface area contributed by atoms with E-state index in [-0.39, 0.29) is 23.6 Å². The molecule has 34 heavy (non-hydrogen) atoms. The quantitative estimate of drug-likeness (QED) is 0.597. The summed E-state index contributed by atoms with van der Waals surface area (Å²) in [5.41, 5.74) is 8.39. The van der Waals surface area contributed by atoms with Gasteiger partial charge in [0, 0.05) is 39.3 Å². The van der Waals surface area contributed by atoms with Crippen molar-refractivity contribution in [2.24, 2.45) is 12.8 Å². The van der Waals surface area contributed by atoms with Crippen LogP contribution in [0.25, 0.3) is 0 Å². The van der Waals surface area contributed by atoms with Crippen molar-refractivity contribution < 1.29 is 4.74 Å². The number of nitrogens with one attached hydrogen (secondary N) is 1. The number of fused-ring (bicyclic) bond motifs is 1. The Labute approximate surface area is 200 Å². The van der Waals surface area contributed by atoms with Crippen LogP contribution in [0.4, 0.5) is 11.5 Å². The van der Waals surface area contributed by atoms with Gasteiger partial charge in [0.25, 0.3) is 5.56 Å². The standard InChI is InChI=1S/C25H36N6O3/c1-17(2)10-13-30-21-22(27-24(30)29-12-6-8-19(26)16-29)28(3)25(33)31(23(21)32)14-11-18-7-5-9-20(15-18)34-4/h5,7,9-10,15,19,24,27H,6,8,11-14,16,26H2,1-4H3. The van der Waals surface area contributed by atoms with Gasteiger partial charge in [0.15, 0.2) is 6.29 Å². The summed E-state index contributed by atoms with van der Waals surface area (Å²) in [4.78, 5) is 31.3. The van der Waals surface area contributed by atoms with E-state index in [9.17, 15) is 9.59 Å². The van der Waals surface area contributed by atoms with Crippen LogP contribution in [0.5, 0.6) is 5.75 Å². The van der Waals surface area contributed by atoms with Crippen molar-refractivity contribution in [3.63, 3.8) is 0 Å². The molecule has 3 N–H and O–H groups in total. The van der Waals surface area contributed by atoms with Gasteiger partial charge in [-0.2, -0.15) is 0 Å². The average molecular weight is 469 g/mol. The number of hydrogen-bond acceptors (Lipinski definition) is 7. The van der Waals surface area contributed by atoms with Crippen LogP contribution in [0.15, 0.2) is 45.5 Å². The van der Waals surface area contributed by atoms with Crippen molar-refractivity contribution in [3.05, 3.63) is 62.3 Å². The van der Waals surface area contributed by atoms with Crippen LogP contribution in [0.2, 0.25) is 0 Å². The molecule has 2 aliphatic rings. The number of piperidine rings is 1. The van der Waals surface area contributed by atoms with Crippen LogP contribution < -0.4 is 31.9 Å². The third-order valence-electron chi connectivity index (χ3n) is 6.66. The van der Waals surface area contributed by atoms with Crippen molar-refractivity contribution in [2.75, 3.05) is 37.0 Å². The Morgan fingerprint density at radius 1 is 1.29 bits per heavy atom. The molecule has 3 heterocycles. The van der Waals surface area contributed by atoms with Crippen molar-refractivity contribution in [2.45, 2.75) is 52.0 Å². The van der Waals surface area contributed by atoms with Gasteiger partial charge >= 0.3 is 5.69 Å². The number of ether oxygens (including phenoxy) is 1. The Balaban J connectivity index is 1.70. The maximum absolute atomic E-state index is 13.7. The maximum atomic E-state index is 13.7. The highest BCUT2D eigenvalue weighted by molar-refractivity contribution is 5.72. The SMILES string of the molecule is COc1cccc(CCn2c(=O)c3c(n(C)c2=O)NC(N2CCCC(N)C2)N3CC=C(C)C)c1. The van der Waals surface area contributed by atoms with Gasteiger partial charge in [-0.1, -0.05) is 23.8 Å². The number of nitrogens with two attached hydrogens (primary N) is 1. The van der Waals surface area contributed by atoms with Gasteiger partial charge in [-0.15, -0.1) is 0 Å². The first-order valence-corrected chi connectivity index (χ1v) is 11.9. The number of nitrogens with zero attached hydrogens (tertiary/aromatic N) is 4. The number of allylic oxidation sites excluding steroid dienone is 1. The summed E-state index contributed by atoms with van der Waals surface area (Å²) < 4.78 is 8.21. The van der Waals surface area contributed by atoms with E-state index < -0.39 is 0 Å². The molecule has 2 unspecified atom stereocenters. The van der Waals surface area contributed by atoms with Gasteiger partial charge in [-0.05, 0) is 50.8 Å². The summed E-state index contributed by atoms with van der Waals surface area (Å²) in [6.45, 7) is 6.59. The highest BCUT2D eigenvalue weighted by atomic mass is 16.5. The fraction of sp³-hybridized carbons (Fsp3) is 0.520. The molecule has 184 valence electrons. The summed E-state index contributed by atoms with van der Waals surface area (Å²) in [7, 11) is 3.35. The van der Waals surface area contributed by atoms with Gasteiger partial charge in [0.05, 0.1) is 7.11 Å². The first kappa shape index (κ1) is 24.1. The fourth-order valence-corrected chi connectivity index (χ4v) is 4.79. The van der Waals surface area contributed by atoms with E-state index in [1.54, 1.807) is 18.7 Å². The molecule has 2 aromatic rings. The number of aryl methyl sites for hydroxylation is 1. The van der Waals surface area contributed by atoms with Crippen LogP contribution in [0, 0.1) is 0 Å². The minimum atomic E-state index is -0.322. The third-order valence-corrected chi connectivity index (χ3v) is 6.66. The van der Waals surface area contributed by atoms with E-state index in [2.05, 4.69) is 21.2 Å².